The van der Waals surface area contributed by atoms with Gasteiger partial charge in [0.05, 0.1) is 12.2 Å². The molecule has 76 valence electrons. The molecule has 0 aliphatic heterocycles. The molecule has 0 bridgehead atoms. The first-order valence-electron chi connectivity index (χ1n) is 3.75. The predicted octanol–water partition coefficient (Wildman–Crippen LogP) is -0.874. The Hall–Kier alpha value is -0.910. The van der Waals surface area contributed by atoms with Gasteiger partial charge in [-0.1, -0.05) is 0 Å². The zero-order valence-corrected chi connectivity index (χ0v) is 8.48. The number of carbonyl (C=O) groups is 2. The molecule has 0 heterocycles. The standard InChI is InChI=1S/C7H13NO4S/c1-6(9)5-7(10)8-3-4-13(2,11)12/h3-5H2,1-2H3,(H,8,10). The number of Topliss-reactive ketones (excluding diaryl/α,β-unsaturated/α-hetero) is 1. The average molecular weight is 207 g/mol. The fourth-order valence-corrected chi connectivity index (χ4v) is 1.14. The molecule has 1 amide bonds. The van der Waals surface area contributed by atoms with E-state index in [9.17, 15) is 18.0 Å². The van der Waals surface area contributed by atoms with Crippen molar-refractivity contribution in [3.8, 4) is 0 Å². The predicted molar refractivity (Wildman–Crippen MR) is 48.0 cm³/mol. The van der Waals surface area contributed by atoms with Crippen molar-refractivity contribution in [2.75, 3.05) is 18.6 Å². The second kappa shape index (κ2) is 4.96. The number of amides is 1. The maximum absolute atomic E-state index is 10.8. The number of nitrogens with one attached hydrogen (secondary N) is 1. The van der Waals surface area contributed by atoms with E-state index in [0.29, 0.717) is 0 Å². The Morgan fingerprint density at radius 2 is 1.85 bits per heavy atom. The van der Waals surface area contributed by atoms with Crippen LogP contribution in [0, 0.1) is 0 Å². The third-order valence-corrected chi connectivity index (χ3v) is 2.15. The Bertz CT molecular complexity index is 294. The fourth-order valence-electron chi connectivity index (χ4n) is 0.664. The van der Waals surface area contributed by atoms with Crippen LogP contribution >= 0.6 is 0 Å². The number of ketones is 1. The molecule has 0 radical (unpaired) electrons. The number of rotatable bonds is 5. The maximum atomic E-state index is 10.8. The summed E-state index contributed by atoms with van der Waals surface area (Å²) in [4.78, 5) is 21.2. The Kier molecular flexibility index (Phi) is 4.61. The molecule has 6 heteroatoms. The summed E-state index contributed by atoms with van der Waals surface area (Å²) in [6.45, 7) is 1.36. The molecule has 0 atom stereocenters. The van der Waals surface area contributed by atoms with Crippen molar-refractivity contribution >= 4 is 21.5 Å². The highest BCUT2D eigenvalue weighted by Crippen LogP contribution is 1.83. The molecule has 0 aromatic rings. The van der Waals surface area contributed by atoms with E-state index in [0.717, 1.165) is 6.26 Å². The molecule has 0 saturated heterocycles. The largest absolute Gasteiger partial charge is 0.355 e. The van der Waals surface area contributed by atoms with E-state index in [-0.39, 0.29) is 24.5 Å². The summed E-state index contributed by atoms with van der Waals surface area (Å²) in [6, 6.07) is 0. The minimum absolute atomic E-state index is 0.0605. The van der Waals surface area contributed by atoms with Crippen LogP contribution in [0.25, 0.3) is 0 Å². The summed E-state index contributed by atoms with van der Waals surface area (Å²) in [6.07, 6.45) is 0.897. The summed E-state index contributed by atoms with van der Waals surface area (Å²) >= 11 is 0. The van der Waals surface area contributed by atoms with Gasteiger partial charge in [0.25, 0.3) is 0 Å². The smallest absolute Gasteiger partial charge is 0.227 e. The highest BCUT2D eigenvalue weighted by molar-refractivity contribution is 7.90. The Labute approximate surface area is 77.4 Å². The number of sulfone groups is 1. The molecule has 1 N–H and O–H groups in total. The Morgan fingerprint density at radius 3 is 2.23 bits per heavy atom. The van der Waals surface area contributed by atoms with Crippen LogP contribution in [0.1, 0.15) is 13.3 Å². The van der Waals surface area contributed by atoms with E-state index < -0.39 is 15.7 Å². The van der Waals surface area contributed by atoms with Crippen molar-refractivity contribution in [1.82, 2.24) is 5.32 Å². The highest BCUT2D eigenvalue weighted by Gasteiger charge is 2.06. The van der Waals surface area contributed by atoms with Gasteiger partial charge >= 0.3 is 0 Å². The first-order valence-corrected chi connectivity index (χ1v) is 5.81. The van der Waals surface area contributed by atoms with Crippen molar-refractivity contribution in [2.24, 2.45) is 0 Å². The normalized spacial score (nSPS) is 10.9. The van der Waals surface area contributed by atoms with Crippen LogP contribution in [0.15, 0.2) is 0 Å². The second-order valence-electron chi connectivity index (χ2n) is 2.86. The van der Waals surface area contributed by atoms with Crippen LogP contribution in [0.3, 0.4) is 0 Å². The summed E-state index contributed by atoms with van der Waals surface area (Å²) in [7, 11) is -3.05. The van der Waals surface area contributed by atoms with E-state index in [1.165, 1.54) is 6.92 Å². The zero-order valence-electron chi connectivity index (χ0n) is 7.66. The Balaban J connectivity index is 3.67. The van der Waals surface area contributed by atoms with Crippen molar-refractivity contribution in [3.63, 3.8) is 0 Å². The van der Waals surface area contributed by atoms with Crippen LogP contribution in [0.4, 0.5) is 0 Å². The molecule has 0 spiro atoms. The fraction of sp³-hybridized carbons (Fsp3) is 0.714. The lowest BCUT2D eigenvalue weighted by molar-refractivity contribution is -0.127. The molecule has 13 heavy (non-hydrogen) atoms. The summed E-state index contributed by atoms with van der Waals surface area (Å²) in [5.41, 5.74) is 0. The van der Waals surface area contributed by atoms with Crippen LogP contribution in [-0.4, -0.2) is 38.7 Å². The van der Waals surface area contributed by atoms with Gasteiger partial charge in [-0.05, 0) is 6.92 Å². The van der Waals surface area contributed by atoms with Gasteiger partial charge in [0.2, 0.25) is 5.91 Å². The minimum atomic E-state index is -3.05. The molecule has 0 aromatic carbocycles. The van der Waals surface area contributed by atoms with Crippen molar-refractivity contribution in [1.29, 1.82) is 0 Å². The molecule has 0 rings (SSSR count). The maximum Gasteiger partial charge on any atom is 0.227 e. The topological polar surface area (TPSA) is 80.3 Å². The summed E-state index contributed by atoms with van der Waals surface area (Å²) in [5.74, 6) is -0.774. The number of hydrogen-bond acceptors (Lipinski definition) is 4. The Morgan fingerprint density at radius 1 is 1.31 bits per heavy atom. The highest BCUT2D eigenvalue weighted by atomic mass is 32.2. The van der Waals surface area contributed by atoms with Crippen LogP contribution < -0.4 is 5.32 Å². The van der Waals surface area contributed by atoms with Gasteiger partial charge in [-0.15, -0.1) is 0 Å². The molecular weight excluding hydrogens is 194 g/mol. The zero-order chi connectivity index (χ0) is 10.5. The van der Waals surface area contributed by atoms with Gasteiger partial charge in [0.1, 0.15) is 15.6 Å². The molecule has 5 nitrogen and oxygen atoms in total. The molecular formula is C7H13NO4S. The third-order valence-electron chi connectivity index (χ3n) is 1.20. The van der Waals surface area contributed by atoms with E-state index >= 15 is 0 Å². The van der Waals surface area contributed by atoms with E-state index in [2.05, 4.69) is 5.32 Å². The van der Waals surface area contributed by atoms with Gasteiger partial charge in [0.15, 0.2) is 0 Å². The van der Waals surface area contributed by atoms with Crippen LogP contribution in [0.5, 0.6) is 0 Å². The van der Waals surface area contributed by atoms with Gasteiger partial charge < -0.3 is 5.32 Å². The summed E-state index contributed by atoms with van der Waals surface area (Å²) < 4.78 is 21.2. The molecule has 0 unspecified atom stereocenters. The van der Waals surface area contributed by atoms with Crippen molar-refractivity contribution in [2.45, 2.75) is 13.3 Å². The van der Waals surface area contributed by atoms with Crippen molar-refractivity contribution in [3.05, 3.63) is 0 Å². The van der Waals surface area contributed by atoms with Gasteiger partial charge in [-0.2, -0.15) is 0 Å². The lowest BCUT2D eigenvalue weighted by Gasteiger charge is -2.01. The first-order chi connectivity index (χ1) is 5.81. The lowest BCUT2D eigenvalue weighted by atomic mass is 10.3. The molecule has 0 aliphatic carbocycles. The monoisotopic (exact) mass is 207 g/mol. The third kappa shape index (κ3) is 9.00. The quantitative estimate of drug-likeness (QED) is 0.594. The SMILES string of the molecule is CC(=O)CC(=O)NCCS(C)(=O)=O. The van der Waals surface area contributed by atoms with Gasteiger partial charge in [0, 0.05) is 12.8 Å². The average Bonchev–Trinajstić information content (AvgIpc) is 1.81. The van der Waals surface area contributed by atoms with E-state index in [4.69, 9.17) is 0 Å². The molecule has 0 fully saturated rings. The number of carbonyl (C=O) groups excluding carboxylic acids is 2. The summed E-state index contributed by atoms with van der Waals surface area (Å²) in [5, 5.41) is 2.33. The van der Waals surface area contributed by atoms with E-state index in [1.807, 2.05) is 0 Å². The first kappa shape index (κ1) is 12.1. The van der Waals surface area contributed by atoms with Crippen LogP contribution in [0.2, 0.25) is 0 Å². The van der Waals surface area contributed by atoms with E-state index in [1.54, 1.807) is 0 Å². The number of hydrogen-bond donors (Lipinski definition) is 1. The van der Waals surface area contributed by atoms with Gasteiger partial charge in [-0.25, -0.2) is 8.42 Å². The van der Waals surface area contributed by atoms with Gasteiger partial charge in [-0.3, -0.25) is 9.59 Å². The molecule has 0 aliphatic rings. The lowest BCUT2D eigenvalue weighted by Crippen LogP contribution is -2.29. The van der Waals surface area contributed by atoms with Crippen LogP contribution in [-0.2, 0) is 19.4 Å². The minimum Gasteiger partial charge on any atom is -0.355 e. The molecule has 0 aromatic heterocycles. The van der Waals surface area contributed by atoms with Crippen molar-refractivity contribution < 1.29 is 18.0 Å². The molecule has 0 saturated carbocycles. The second-order valence-corrected chi connectivity index (χ2v) is 5.12.